The lowest BCUT2D eigenvalue weighted by atomic mass is 10.1. The third-order valence-electron chi connectivity index (χ3n) is 1.76. The number of fused-ring (bicyclic) bond motifs is 1. The fraction of sp³-hybridized carbons (Fsp3) is 0. The van der Waals surface area contributed by atoms with Crippen molar-refractivity contribution in [1.29, 1.82) is 0 Å². The summed E-state index contributed by atoms with van der Waals surface area (Å²) in [5.74, 6) is 0. The van der Waals surface area contributed by atoms with E-state index in [1.54, 1.807) is 0 Å². The van der Waals surface area contributed by atoms with E-state index in [-0.39, 0.29) is 0 Å². The van der Waals surface area contributed by atoms with E-state index in [9.17, 15) is 0 Å². The Bertz CT molecular complexity index is 380. The van der Waals surface area contributed by atoms with Gasteiger partial charge < -0.3 is 0 Å². The zero-order chi connectivity index (χ0) is 8.55. The second-order valence-electron chi connectivity index (χ2n) is 2.64. The summed E-state index contributed by atoms with van der Waals surface area (Å²) in [6, 6.07) is 13.0. The maximum atomic E-state index is 2.33. The van der Waals surface area contributed by atoms with Crippen molar-refractivity contribution >= 4 is 56.0 Å². The van der Waals surface area contributed by atoms with Gasteiger partial charge in [0.05, 0.1) is 0 Å². The zero-order valence-electron chi connectivity index (χ0n) is 6.22. The normalized spacial score (nSPS) is 10.5. The van der Waals surface area contributed by atoms with E-state index in [0.29, 0.717) is 0 Å². The molecule has 0 heterocycles. The van der Waals surface area contributed by atoms with Crippen LogP contribution in [-0.4, -0.2) is 0 Å². The standard InChI is InChI=1S/C10H6I2/c11-9-3-1-7-5-10(12)4-2-8(7)6-9/h1-6H. The summed E-state index contributed by atoms with van der Waals surface area (Å²) in [5, 5.41) is 2.64. The Morgan fingerprint density at radius 2 is 1.08 bits per heavy atom. The molecule has 12 heavy (non-hydrogen) atoms. The van der Waals surface area contributed by atoms with E-state index in [1.807, 2.05) is 0 Å². The van der Waals surface area contributed by atoms with Gasteiger partial charge in [-0.2, -0.15) is 0 Å². The average Bonchev–Trinajstić information content (AvgIpc) is 2.05. The SMILES string of the molecule is Ic1ccc2cc(I)ccc2c1. The molecule has 0 aliphatic carbocycles. The van der Waals surface area contributed by atoms with Crippen molar-refractivity contribution in [3.8, 4) is 0 Å². The molecular weight excluding hydrogens is 374 g/mol. The summed E-state index contributed by atoms with van der Waals surface area (Å²) in [6.07, 6.45) is 0. The Hall–Kier alpha value is 0.160. The molecule has 0 aliphatic rings. The molecule has 0 saturated carbocycles. The van der Waals surface area contributed by atoms with Crippen LogP contribution in [-0.2, 0) is 0 Å². The van der Waals surface area contributed by atoms with Crippen LogP contribution in [0.3, 0.4) is 0 Å². The van der Waals surface area contributed by atoms with Crippen molar-refractivity contribution < 1.29 is 0 Å². The lowest BCUT2D eigenvalue weighted by molar-refractivity contribution is 1.67. The quantitative estimate of drug-likeness (QED) is 0.606. The molecule has 0 unspecified atom stereocenters. The van der Waals surface area contributed by atoms with Crippen molar-refractivity contribution in [2.75, 3.05) is 0 Å². The Kier molecular flexibility index (Phi) is 2.55. The monoisotopic (exact) mass is 380 g/mol. The molecule has 0 nitrogen and oxygen atoms in total. The predicted octanol–water partition coefficient (Wildman–Crippen LogP) is 4.05. The Balaban J connectivity index is 2.79. The van der Waals surface area contributed by atoms with Crippen LogP contribution in [0.1, 0.15) is 0 Å². The highest BCUT2D eigenvalue weighted by Crippen LogP contribution is 2.19. The fourth-order valence-corrected chi connectivity index (χ4v) is 2.22. The first-order chi connectivity index (χ1) is 5.75. The van der Waals surface area contributed by atoms with Gasteiger partial charge in [0.25, 0.3) is 0 Å². The highest BCUT2D eigenvalue weighted by molar-refractivity contribution is 14.1. The number of hydrogen-bond donors (Lipinski definition) is 0. The summed E-state index contributed by atoms with van der Waals surface area (Å²) in [7, 11) is 0. The van der Waals surface area contributed by atoms with Gasteiger partial charge in [0, 0.05) is 7.14 Å². The molecule has 2 heteroatoms. The molecule has 0 atom stereocenters. The summed E-state index contributed by atoms with van der Waals surface area (Å²) < 4.78 is 2.59. The van der Waals surface area contributed by atoms with E-state index >= 15 is 0 Å². The minimum Gasteiger partial charge on any atom is -0.0533 e. The molecule has 0 radical (unpaired) electrons. The largest absolute Gasteiger partial charge is 0.0533 e. The van der Waals surface area contributed by atoms with Gasteiger partial charge in [-0.05, 0) is 80.2 Å². The molecule has 0 N–H and O–H groups in total. The van der Waals surface area contributed by atoms with Crippen LogP contribution in [0.5, 0.6) is 0 Å². The molecule has 60 valence electrons. The first-order valence-electron chi connectivity index (χ1n) is 3.60. The molecular formula is C10H6I2. The lowest BCUT2D eigenvalue weighted by Crippen LogP contribution is -1.76. The Morgan fingerprint density at radius 1 is 0.667 bits per heavy atom. The van der Waals surface area contributed by atoms with E-state index < -0.39 is 0 Å². The van der Waals surface area contributed by atoms with Gasteiger partial charge in [-0.3, -0.25) is 0 Å². The molecule has 0 bridgehead atoms. The zero-order valence-corrected chi connectivity index (χ0v) is 10.5. The molecule has 0 amide bonds. The smallest absolute Gasteiger partial charge is 0.0136 e. The molecule has 2 rings (SSSR count). The van der Waals surface area contributed by atoms with Crippen LogP contribution in [0, 0.1) is 7.14 Å². The predicted molar refractivity (Wildman–Crippen MR) is 69.4 cm³/mol. The van der Waals surface area contributed by atoms with E-state index in [2.05, 4.69) is 81.6 Å². The van der Waals surface area contributed by atoms with Gasteiger partial charge in [-0.25, -0.2) is 0 Å². The minimum absolute atomic E-state index is 1.29. The Labute approximate surface area is 98.6 Å². The number of hydrogen-bond acceptors (Lipinski definition) is 0. The molecule has 0 aliphatic heterocycles. The molecule has 0 spiro atoms. The average molecular weight is 380 g/mol. The van der Waals surface area contributed by atoms with Crippen molar-refractivity contribution in [2.45, 2.75) is 0 Å². The molecule has 2 aromatic carbocycles. The molecule has 2 aromatic rings. The van der Waals surface area contributed by atoms with E-state index in [0.717, 1.165) is 0 Å². The first-order valence-corrected chi connectivity index (χ1v) is 5.76. The van der Waals surface area contributed by atoms with Gasteiger partial charge in [0.2, 0.25) is 0 Å². The summed E-state index contributed by atoms with van der Waals surface area (Å²) >= 11 is 4.67. The third kappa shape index (κ3) is 1.74. The van der Waals surface area contributed by atoms with Crippen LogP contribution < -0.4 is 0 Å². The van der Waals surface area contributed by atoms with Crippen LogP contribution >= 0.6 is 45.2 Å². The highest BCUT2D eigenvalue weighted by atomic mass is 127. The van der Waals surface area contributed by atoms with Crippen molar-refractivity contribution in [2.24, 2.45) is 0 Å². The molecule has 0 aromatic heterocycles. The first kappa shape index (κ1) is 8.74. The second-order valence-corrected chi connectivity index (χ2v) is 5.13. The number of rotatable bonds is 0. The topological polar surface area (TPSA) is 0 Å². The molecule has 0 saturated heterocycles. The highest BCUT2D eigenvalue weighted by Gasteiger charge is 1.94. The van der Waals surface area contributed by atoms with Crippen molar-refractivity contribution in [3.63, 3.8) is 0 Å². The van der Waals surface area contributed by atoms with Crippen molar-refractivity contribution in [1.82, 2.24) is 0 Å². The van der Waals surface area contributed by atoms with Gasteiger partial charge >= 0.3 is 0 Å². The lowest BCUT2D eigenvalue weighted by Gasteiger charge is -1.98. The van der Waals surface area contributed by atoms with E-state index in [1.165, 1.54) is 17.9 Å². The number of halogens is 2. The maximum Gasteiger partial charge on any atom is 0.0136 e. The van der Waals surface area contributed by atoms with Gasteiger partial charge in [-0.15, -0.1) is 0 Å². The summed E-state index contributed by atoms with van der Waals surface area (Å²) in [5.41, 5.74) is 0. The van der Waals surface area contributed by atoms with Crippen LogP contribution in [0.2, 0.25) is 0 Å². The van der Waals surface area contributed by atoms with Crippen LogP contribution in [0.25, 0.3) is 10.8 Å². The van der Waals surface area contributed by atoms with Crippen molar-refractivity contribution in [3.05, 3.63) is 43.5 Å². The summed E-state index contributed by atoms with van der Waals surface area (Å²) in [4.78, 5) is 0. The number of benzene rings is 2. The second kappa shape index (κ2) is 3.49. The van der Waals surface area contributed by atoms with Gasteiger partial charge in [0.1, 0.15) is 0 Å². The maximum absolute atomic E-state index is 2.33. The van der Waals surface area contributed by atoms with E-state index in [4.69, 9.17) is 0 Å². The van der Waals surface area contributed by atoms with Crippen LogP contribution in [0.4, 0.5) is 0 Å². The summed E-state index contributed by atoms with van der Waals surface area (Å²) in [6.45, 7) is 0. The van der Waals surface area contributed by atoms with Crippen LogP contribution in [0.15, 0.2) is 36.4 Å². The minimum atomic E-state index is 1.29. The Morgan fingerprint density at radius 3 is 1.50 bits per heavy atom. The fourth-order valence-electron chi connectivity index (χ4n) is 1.19. The van der Waals surface area contributed by atoms with Gasteiger partial charge in [0.15, 0.2) is 0 Å². The molecule has 0 fully saturated rings. The third-order valence-corrected chi connectivity index (χ3v) is 3.11. The van der Waals surface area contributed by atoms with Gasteiger partial charge in [-0.1, -0.05) is 12.1 Å².